The molecule has 6 heteroatoms. The molecule has 5 rings (SSSR count). The third-order valence-electron chi connectivity index (χ3n) is 6.46. The summed E-state index contributed by atoms with van der Waals surface area (Å²) >= 11 is 0. The van der Waals surface area contributed by atoms with Gasteiger partial charge >= 0.3 is 0 Å². The van der Waals surface area contributed by atoms with Crippen LogP contribution in [0.3, 0.4) is 0 Å². The molecule has 6 nitrogen and oxygen atoms in total. The van der Waals surface area contributed by atoms with E-state index in [0.717, 1.165) is 64.2 Å². The average Bonchev–Trinajstić information content (AvgIpc) is 3.42. The first-order valence-corrected chi connectivity index (χ1v) is 10.5. The highest BCUT2D eigenvalue weighted by Crippen LogP contribution is 2.40. The van der Waals surface area contributed by atoms with Crippen molar-refractivity contribution < 1.29 is 9.53 Å². The summed E-state index contributed by atoms with van der Waals surface area (Å²) in [5, 5.41) is 0. The summed E-state index contributed by atoms with van der Waals surface area (Å²) in [6.45, 7) is 5.18. The second-order valence-corrected chi connectivity index (χ2v) is 8.30. The van der Waals surface area contributed by atoms with Crippen LogP contribution in [0.15, 0.2) is 42.7 Å². The summed E-state index contributed by atoms with van der Waals surface area (Å²) in [4.78, 5) is 22.1. The molecule has 2 aromatic rings. The van der Waals surface area contributed by atoms with E-state index in [9.17, 15) is 4.79 Å². The molecule has 1 aromatic carbocycles. The van der Waals surface area contributed by atoms with Crippen LogP contribution in [0, 0.1) is 0 Å². The number of benzene rings is 1. The fourth-order valence-electron chi connectivity index (χ4n) is 4.92. The first-order chi connectivity index (χ1) is 13.7. The van der Waals surface area contributed by atoms with Gasteiger partial charge in [0.15, 0.2) is 6.10 Å². The summed E-state index contributed by atoms with van der Waals surface area (Å²) < 4.78 is 8.72. The molecule has 0 unspecified atom stereocenters. The van der Waals surface area contributed by atoms with Crippen LogP contribution in [0.25, 0.3) is 0 Å². The minimum Gasteiger partial charge on any atom is -0.352 e. The number of fused-ring (bicyclic) bond motifs is 2. The lowest BCUT2D eigenvalue weighted by Gasteiger charge is -2.46. The zero-order chi connectivity index (χ0) is 19.0. The Bertz CT molecular complexity index is 820. The minimum atomic E-state index is -0.436. The van der Waals surface area contributed by atoms with Crippen molar-refractivity contribution in [1.82, 2.24) is 19.4 Å². The van der Waals surface area contributed by atoms with Crippen LogP contribution in [-0.4, -0.2) is 57.5 Å². The highest BCUT2D eigenvalue weighted by atomic mass is 16.5. The number of nitrogens with zero attached hydrogens (tertiary/aromatic N) is 4. The van der Waals surface area contributed by atoms with Gasteiger partial charge in [-0.1, -0.05) is 30.3 Å². The number of ether oxygens (including phenoxy) is 1. The molecule has 0 aliphatic carbocycles. The monoisotopic (exact) mass is 380 g/mol. The summed E-state index contributed by atoms with van der Waals surface area (Å²) in [5.74, 6) is 1.15. The van der Waals surface area contributed by atoms with Crippen molar-refractivity contribution in [3.8, 4) is 0 Å². The van der Waals surface area contributed by atoms with Crippen molar-refractivity contribution in [3.05, 3.63) is 54.1 Å². The number of hydrogen-bond acceptors (Lipinski definition) is 4. The summed E-state index contributed by atoms with van der Waals surface area (Å²) in [5.41, 5.74) is 0.904. The Hall–Kier alpha value is -2.18. The van der Waals surface area contributed by atoms with Crippen LogP contribution >= 0.6 is 0 Å². The first kappa shape index (κ1) is 17.9. The Morgan fingerprint density at radius 3 is 2.61 bits per heavy atom. The molecule has 2 saturated heterocycles. The largest absolute Gasteiger partial charge is 0.352 e. The van der Waals surface area contributed by atoms with Crippen LogP contribution in [0.2, 0.25) is 0 Å². The average molecular weight is 380 g/mol. The number of carbonyl (C=O) groups excluding carboxylic acids is 1. The molecular formula is C22H28N4O2. The maximum atomic E-state index is 13.0. The Labute approximate surface area is 166 Å². The number of imidazole rings is 1. The molecular weight excluding hydrogens is 352 g/mol. The molecule has 148 valence electrons. The van der Waals surface area contributed by atoms with Crippen molar-refractivity contribution in [2.45, 2.75) is 50.5 Å². The number of likely N-dealkylation sites (tertiary alicyclic amines) is 2. The Morgan fingerprint density at radius 1 is 1.11 bits per heavy atom. The summed E-state index contributed by atoms with van der Waals surface area (Å²) in [6, 6.07) is 10.6. The van der Waals surface area contributed by atoms with E-state index < -0.39 is 5.60 Å². The molecule has 0 N–H and O–H groups in total. The van der Waals surface area contributed by atoms with E-state index in [1.807, 2.05) is 17.3 Å². The molecule has 1 aromatic heterocycles. The number of rotatable bonds is 3. The van der Waals surface area contributed by atoms with Crippen molar-refractivity contribution >= 4 is 5.91 Å². The zero-order valence-electron chi connectivity index (χ0n) is 16.3. The van der Waals surface area contributed by atoms with Gasteiger partial charge in [-0.3, -0.25) is 9.69 Å². The van der Waals surface area contributed by atoms with Gasteiger partial charge in [-0.2, -0.15) is 0 Å². The predicted octanol–water partition coefficient (Wildman–Crippen LogP) is 2.40. The topological polar surface area (TPSA) is 50.6 Å². The third-order valence-corrected chi connectivity index (χ3v) is 6.46. The molecule has 1 spiro atoms. The van der Waals surface area contributed by atoms with Crippen LogP contribution < -0.4 is 0 Å². The van der Waals surface area contributed by atoms with Gasteiger partial charge in [0.25, 0.3) is 5.91 Å². The van der Waals surface area contributed by atoms with Crippen molar-refractivity contribution in [2.24, 2.45) is 0 Å². The third kappa shape index (κ3) is 3.25. The molecule has 28 heavy (non-hydrogen) atoms. The molecule has 0 bridgehead atoms. The zero-order valence-corrected chi connectivity index (χ0v) is 16.3. The standard InChI is InChI=1S/C22H28N4O2/c27-20(25-11-4-5-12-25)19-17-26-15-10-23-21(26)22(28-19)8-13-24(14-9-22)16-18-6-2-1-3-7-18/h1-3,6-7,10,15,19H,4-5,8-9,11-14,16-17H2/t19-/m0/s1. The predicted molar refractivity (Wildman–Crippen MR) is 106 cm³/mol. The smallest absolute Gasteiger partial charge is 0.253 e. The molecule has 0 radical (unpaired) electrons. The molecule has 4 heterocycles. The lowest BCUT2D eigenvalue weighted by atomic mass is 9.88. The number of piperidine rings is 1. The van der Waals surface area contributed by atoms with E-state index in [1.165, 1.54) is 5.56 Å². The fourth-order valence-corrected chi connectivity index (χ4v) is 4.92. The quantitative estimate of drug-likeness (QED) is 0.821. The van der Waals surface area contributed by atoms with E-state index in [-0.39, 0.29) is 12.0 Å². The van der Waals surface area contributed by atoms with E-state index >= 15 is 0 Å². The van der Waals surface area contributed by atoms with E-state index in [4.69, 9.17) is 4.74 Å². The normalized spacial score (nSPS) is 24.4. The van der Waals surface area contributed by atoms with Gasteiger partial charge < -0.3 is 14.2 Å². The molecule has 2 fully saturated rings. The van der Waals surface area contributed by atoms with E-state index in [1.54, 1.807) is 0 Å². The van der Waals surface area contributed by atoms with Gasteiger partial charge in [-0.05, 0) is 31.2 Å². The van der Waals surface area contributed by atoms with Gasteiger partial charge in [0.05, 0.1) is 6.54 Å². The van der Waals surface area contributed by atoms with E-state index in [0.29, 0.717) is 6.54 Å². The summed E-state index contributed by atoms with van der Waals surface area (Å²) in [6.07, 6.45) is 7.42. The van der Waals surface area contributed by atoms with Crippen molar-refractivity contribution in [3.63, 3.8) is 0 Å². The minimum absolute atomic E-state index is 0.156. The van der Waals surface area contributed by atoms with Crippen LogP contribution in [0.4, 0.5) is 0 Å². The van der Waals surface area contributed by atoms with Crippen molar-refractivity contribution in [2.75, 3.05) is 26.2 Å². The summed E-state index contributed by atoms with van der Waals surface area (Å²) in [7, 11) is 0. The molecule has 1 atom stereocenters. The highest BCUT2D eigenvalue weighted by Gasteiger charge is 2.47. The van der Waals surface area contributed by atoms with Crippen molar-refractivity contribution in [1.29, 1.82) is 0 Å². The lowest BCUT2D eigenvalue weighted by molar-refractivity contribution is -0.180. The maximum Gasteiger partial charge on any atom is 0.253 e. The fraction of sp³-hybridized carbons (Fsp3) is 0.545. The van der Waals surface area contributed by atoms with Crippen LogP contribution in [0.5, 0.6) is 0 Å². The Morgan fingerprint density at radius 2 is 1.86 bits per heavy atom. The number of hydrogen-bond donors (Lipinski definition) is 0. The second-order valence-electron chi connectivity index (χ2n) is 8.30. The number of carbonyl (C=O) groups is 1. The molecule has 0 saturated carbocycles. The van der Waals surface area contributed by atoms with Gasteiger partial charge in [0.1, 0.15) is 11.4 Å². The lowest BCUT2D eigenvalue weighted by Crippen LogP contribution is -2.54. The maximum absolute atomic E-state index is 13.0. The Kier molecular flexibility index (Phi) is 4.69. The Balaban J connectivity index is 1.32. The van der Waals surface area contributed by atoms with E-state index in [2.05, 4.69) is 44.8 Å². The molecule has 1 amide bonds. The number of amides is 1. The first-order valence-electron chi connectivity index (χ1n) is 10.5. The van der Waals surface area contributed by atoms with Crippen LogP contribution in [0.1, 0.15) is 37.1 Å². The highest BCUT2D eigenvalue weighted by molar-refractivity contribution is 5.81. The molecule has 3 aliphatic heterocycles. The number of aromatic nitrogens is 2. The van der Waals surface area contributed by atoms with Gasteiger partial charge in [-0.25, -0.2) is 4.98 Å². The SMILES string of the molecule is O=C([C@@H]1Cn2ccnc2C2(CCN(Cc3ccccc3)CC2)O1)N1CCCC1. The van der Waals surface area contributed by atoms with Gasteiger partial charge in [-0.15, -0.1) is 0 Å². The second kappa shape index (κ2) is 7.33. The van der Waals surface area contributed by atoms with Gasteiger partial charge in [0, 0.05) is 45.1 Å². The van der Waals surface area contributed by atoms with Crippen LogP contribution in [-0.2, 0) is 28.2 Å². The van der Waals surface area contributed by atoms with Gasteiger partial charge in [0.2, 0.25) is 0 Å². The molecule has 3 aliphatic rings.